The van der Waals surface area contributed by atoms with Crippen LogP contribution >= 0.6 is 0 Å². The highest BCUT2D eigenvalue weighted by atomic mass is 19.4. The van der Waals surface area contributed by atoms with Crippen LogP contribution in [-0.2, 0) is 9.59 Å². The number of amides is 1. The Morgan fingerprint density at radius 3 is 1.95 bits per heavy atom. The number of benzene rings is 1. The van der Waals surface area contributed by atoms with Crippen LogP contribution in [0.25, 0.3) is 0 Å². The molecular weight excluding hydrogens is 289 g/mol. The summed E-state index contributed by atoms with van der Waals surface area (Å²) in [5.74, 6) is -1.11. The van der Waals surface area contributed by atoms with Crippen molar-refractivity contribution in [3.8, 4) is 5.75 Å². The highest BCUT2D eigenvalue weighted by Crippen LogP contribution is 2.17. The lowest BCUT2D eigenvalue weighted by atomic mass is 10.3. The van der Waals surface area contributed by atoms with E-state index in [9.17, 15) is 22.8 Å². The van der Waals surface area contributed by atoms with Gasteiger partial charge >= 0.3 is 6.18 Å². The largest absolute Gasteiger partial charge is 0.497 e. The predicted octanol–water partition coefficient (Wildman–Crippen LogP) is 1.75. The van der Waals surface area contributed by atoms with Gasteiger partial charge in [-0.2, -0.15) is 13.2 Å². The summed E-state index contributed by atoms with van der Waals surface area (Å²) in [6.07, 6.45) is -4.64. The second-order valence-electron chi connectivity index (χ2n) is 3.91. The minimum Gasteiger partial charge on any atom is -0.497 e. The zero-order chi connectivity index (χ0) is 16.6. The molecule has 0 spiro atoms. The van der Waals surface area contributed by atoms with Gasteiger partial charge in [-0.1, -0.05) is 0 Å². The summed E-state index contributed by atoms with van der Waals surface area (Å²) < 4.78 is 37.5. The van der Waals surface area contributed by atoms with E-state index in [1.165, 1.54) is 4.90 Å². The number of Topliss-reactive ketones (excluding diaryl/α,β-unsaturated/α-hetero) is 1. The van der Waals surface area contributed by atoms with Crippen LogP contribution in [-0.4, -0.2) is 38.6 Å². The topological polar surface area (TPSA) is 72.6 Å². The van der Waals surface area contributed by atoms with E-state index in [0.29, 0.717) is 6.92 Å². The molecule has 2 N–H and O–H groups in total. The molecule has 1 rings (SSSR count). The monoisotopic (exact) mass is 306 g/mol. The molecule has 0 saturated carbocycles. The molecule has 0 saturated heterocycles. The van der Waals surface area contributed by atoms with Crippen LogP contribution in [0.5, 0.6) is 5.75 Å². The molecule has 0 aliphatic heterocycles. The maximum atomic E-state index is 11.2. The number of ketones is 1. The number of halogens is 3. The number of carbonyl (C=O) groups is 2. The molecule has 118 valence electrons. The van der Waals surface area contributed by atoms with Gasteiger partial charge in [0.1, 0.15) is 5.75 Å². The van der Waals surface area contributed by atoms with Gasteiger partial charge in [0, 0.05) is 19.7 Å². The SMILES string of the molecule is CC(=O)C(F)(F)F.COc1ccc(N(C)C(=O)CN)cc1. The lowest BCUT2D eigenvalue weighted by Gasteiger charge is -2.16. The molecule has 0 aliphatic carbocycles. The summed E-state index contributed by atoms with van der Waals surface area (Å²) >= 11 is 0. The van der Waals surface area contributed by atoms with Crippen molar-refractivity contribution in [2.75, 3.05) is 25.6 Å². The average molecular weight is 306 g/mol. The lowest BCUT2D eigenvalue weighted by Crippen LogP contribution is -2.32. The average Bonchev–Trinajstić information content (AvgIpc) is 2.45. The molecule has 5 nitrogen and oxygen atoms in total. The molecule has 1 amide bonds. The number of methoxy groups -OCH3 is 1. The first-order valence-electron chi connectivity index (χ1n) is 5.82. The van der Waals surface area contributed by atoms with Crippen molar-refractivity contribution < 1.29 is 27.5 Å². The fraction of sp³-hybridized carbons (Fsp3) is 0.385. The van der Waals surface area contributed by atoms with Crippen LogP contribution in [0.1, 0.15) is 6.92 Å². The Morgan fingerprint density at radius 2 is 1.67 bits per heavy atom. The zero-order valence-electron chi connectivity index (χ0n) is 11.9. The van der Waals surface area contributed by atoms with Gasteiger partial charge in [-0.25, -0.2) is 0 Å². The van der Waals surface area contributed by atoms with Crippen LogP contribution in [0, 0.1) is 0 Å². The maximum Gasteiger partial charge on any atom is 0.449 e. The number of hydrogen-bond donors (Lipinski definition) is 1. The highest BCUT2D eigenvalue weighted by molar-refractivity contribution is 5.94. The van der Waals surface area contributed by atoms with E-state index in [0.717, 1.165) is 11.4 Å². The van der Waals surface area contributed by atoms with E-state index in [4.69, 9.17) is 10.5 Å². The van der Waals surface area contributed by atoms with Gasteiger partial charge < -0.3 is 15.4 Å². The maximum absolute atomic E-state index is 11.2. The predicted molar refractivity (Wildman–Crippen MR) is 72.2 cm³/mol. The van der Waals surface area contributed by atoms with Crippen molar-refractivity contribution in [1.82, 2.24) is 0 Å². The third-order valence-corrected chi connectivity index (χ3v) is 2.41. The first-order chi connectivity index (χ1) is 9.63. The van der Waals surface area contributed by atoms with E-state index in [-0.39, 0.29) is 12.5 Å². The fourth-order valence-corrected chi connectivity index (χ4v) is 1.09. The van der Waals surface area contributed by atoms with Crippen molar-refractivity contribution >= 4 is 17.4 Å². The Hall–Kier alpha value is -2.09. The van der Waals surface area contributed by atoms with Gasteiger partial charge in [-0.3, -0.25) is 9.59 Å². The number of hydrogen-bond acceptors (Lipinski definition) is 4. The standard InChI is InChI=1S/C10H14N2O2.C3H3F3O/c1-12(10(13)7-11)8-3-5-9(14-2)6-4-8;1-2(7)3(4,5)6/h3-6H,7,11H2,1-2H3;1H3. The smallest absolute Gasteiger partial charge is 0.449 e. The number of rotatable bonds is 3. The molecule has 0 bridgehead atoms. The van der Waals surface area contributed by atoms with Gasteiger partial charge in [0.15, 0.2) is 0 Å². The first kappa shape index (κ1) is 18.9. The third kappa shape index (κ3) is 6.75. The van der Waals surface area contributed by atoms with Crippen LogP contribution in [0.3, 0.4) is 0 Å². The number of nitrogens with zero attached hydrogens (tertiary/aromatic N) is 1. The lowest BCUT2D eigenvalue weighted by molar-refractivity contribution is -0.168. The minimum atomic E-state index is -4.64. The highest BCUT2D eigenvalue weighted by Gasteiger charge is 2.33. The molecule has 0 aromatic heterocycles. The summed E-state index contributed by atoms with van der Waals surface area (Å²) in [4.78, 5) is 22.1. The molecule has 0 atom stereocenters. The van der Waals surface area contributed by atoms with Crippen LogP contribution in [0.2, 0.25) is 0 Å². The normalized spacial score (nSPS) is 10.2. The fourth-order valence-electron chi connectivity index (χ4n) is 1.09. The van der Waals surface area contributed by atoms with E-state index in [1.54, 1.807) is 26.3 Å². The van der Waals surface area contributed by atoms with Crippen LogP contribution < -0.4 is 15.4 Å². The molecule has 1 aromatic rings. The van der Waals surface area contributed by atoms with Gasteiger partial charge in [0.2, 0.25) is 11.7 Å². The summed E-state index contributed by atoms with van der Waals surface area (Å²) in [6, 6.07) is 7.23. The van der Waals surface area contributed by atoms with Crippen molar-refractivity contribution in [3.63, 3.8) is 0 Å². The summed E-state index contributed by atoms with van der Waals surface area (Å²) in [7, 11) is 3.29. The molecule has 0 aliphatic rings. The molecule has 0 fully saturated rings. The number of alkyl halides is 3. The van der Waals surface area contributed by atoms with E-state index >= 15 is 0 Å². The Labute approximate surface area is 120 Å². The number of nitrogens with two attached hydrogens (primary N) is 1. The zero-order valence-corrected chi connectivity index (χ0v) is 11.9. The van der Waals surface area contributed by atoms with Crippen molar-refractivity contribution in [3.05, 3.63) is 24.3 Å². The molecule has 0 heterocycles. The second-order valence-corrected chi connectivity index (χ2v) is 3.91. The first-order valence-corrected chi connectivity index (χ1v) is 5.82. The van der Waals surface area contributed by atoms with Crippen molar-refractivity contribution in [2.45, 2.75) is 13.1 Å². The molecular formula is C13H17F3N2O3. The van der Waals surface area contributed by atoms with Gasteiger partial charge in [0.05, 0.1) is 13.7 Å². The van der Waals surface area contributed by atoms with E-state index < -0.39 is 12.0 Å². The quantitative estimate of drug-likeness (QED) is 0.923. The molecule has 0 unspecified atom stereocenters. The summed E-state index contributed by atoms with van der Waals surface area (Å²) in [5, 5.41) is 0. The van der Waals surface area contributed by atoms with Crippen LogP contribution in [0.4, 0.5) is 18.9 Å². The molecule has 21 heavy (non-hydrogen) atoms. The Balaban J connectivity index is 0.000000486. The van der Waals surface area contributed by atoms with Gasteiger partial charge in [-0.15, -0.1) is 0 Å². The minimum absolute atomic E-state index is 0.0164. The number of likely N-dealkylation sites (N-methyl/N-ethyl adjacent to an activating group) is 1. The van der Waals surface area contributed by atoms with E-state index in [2.05, 4.69) is 0 Å². The number of anilines is 1. The molecule has 1 aromatic carbocycles. The van der Waals surface area contributed by atoms with Crippen LogP contribution in [0.15, 0.2) is 24.3 Å². The van der Waals surface area contributed by atoms with Crippen molar-refractivity contribution in [1.29, 1.82) is 0 Å². The molecule has 0 radical (unpaired) electrons. The Bertz CT molecular complexity index is 473. The Kier molecular flexibility index (Phi) is 7.43. The van der Waals surface area contributed by atoms with Crippen molar-refractivity contribution in [2.24, 2.45) is 5.73 Å². The number of carbonyl (C=O) groups excluding carboxylic acids is 2. The van der Waals surface area contributed by atoms with E-state index in [1.807, 2.05) is 12.1 Å². The third-order valence-electron chi connectivity index (χ3n) is 2.41. The number of ether oxygens (including phenoxy) is 1. The molecule has 8 heteroatoms. The second kappa shape index (κ2) is 8.25. The summed E-state index contributed by atoms with van der Waals surface area (Å²) in [6.45, 7) is 0.503. The van der Waals surface area contributed by atoms with Gasteiger partial charge in [-0.05, 0) is 24.3 Å². The summed E-state index contributed by atoms with van der Waals surface area (Å²) in [5.41, 5.74) is 6.06. The van der Waals surface area contributed by atoms with Gasteiger partial charge in [0.25, 0.3) is 0 Å². The Morgan fingerprint density at radius 1 is 1.24 bits per heavy atom.